The molecule has 0 heterocycles. The van der Waals surface area contributed by atoms with E-state index in [1.165, 1.54) is 0 Å². The maximum atomic E-state index is 12.1. The third-order valence-electron chi connectivity index (χ3n) is 3.04. The third-order valence-corrected chi connectivity index (χ3v) is 3.04. The van der Waals surface area contributed by atoms with Gasteiger partial charge in [0, 0.05) is 6.04 Å². The maximum absolute atomic E-state index is 12.1. The van der Waals surface area contributed by atoms with Crippen molar-refractivity contribution in [3.05, 3.63) is 35.9 Å². The number of benzene rings is 1. The van der Waals surface area contributed by atoms with Gasteiger partial charge < -0.3 is 5.32 Å². The Kier molecular flexibility index (Phi) is 5.75. The molecule has 0 aliphatic heterocycles. The molecule has 2 heteroatoms. The van der Waals surface area contributed by atoms with Crippen molar-refractivity contribution in [1.82, 2.24) is 5.32 Å². The van der Waals surface area contributed by atoms with Crippen LogP contribution in [0.2, 0.25) is 0 Å². The summed E-state index contributed by atoms with van der Waals surface area (Å²) in [6, 6.07) is 10.3. The monoisotopic (exact) mass is 233 g/mol. The Morgan fingerprint density at radius 2 is 1.88 bits per heavy atom. The number of carbonyl (C=O) groups is 1. The normalized spacial score (nSPS) is 14.1. The van der Waals surface area contributed by atoms with Crippen LogP contribution in [-0.2, 0) is 4.79 Å². The van der Waals surface area contributed by atoms with Crippen molar-refractivity contribution < 1.29 is 4.79 Å². The van der Waals surface area contributed by atoms with Crippen LogP contribution >= 0.6 is 0 Å². The average molecular weight is 233 g/mol. The number of amides is 1. The van der Waals surface area contributed by atoms with E-state index in [9.17, 15) is 4.79 Å². The molecule has 0 aliphatic rings. The first-order valence-electron chi connectivity index (χ1n) is 6.54. The molecule has 2 nitrogen and oxygen atoms in total. The molecule has 0 spiro atoms. The summed E-state index contributed by atoms with van der Waals surface area (Å²) in [6.07, 6.45) is 2.98. The molecule has 1 aromatic carbocycles. The van der Waals surface area contributed by atoms with E-state index in [0.717, 1.165) is 24.8 Å². The van der Waals surface area contributed by atoms with Gasteiger partial charge in [0.1, 0.15) is 0 Å². The van der Waals surface area contributed by atoms with Gasteiger partial charge in [0.2, 0.25) is 5.91 Å². The second-order valence-electron chi connectivity index (χ2n) is 4.57. The summed E-state index contributed by atoms with van der Waals surface area (Å²) in [6.45, 7) is 6.26. The highest BCUT2D eigenvalue weighted by molar-refractivity contribution is 5.83. The average Bonchev–Trinajstić information content (AvgIpc) is 2.31. The topological polar surface area (TPSA) is 29.1 Å². The number of hydrogen-bond acceptors (Lipinski definition) is 1. The Labute approximate surface area is 104 Å². The van der Waals surface area contributed by atoms with Crippen molar-refractivity contribution in [2.45, 2.75) is 52.0 Å². The van der Waals surface area contributed by atoms with E-state index in [-0.39, 0.29) is 17.9 Å². The van der Waals surface area contributed by atoms with Crippen molar-refractivity contribution in [2.75, 3.05) is 0 Å². The van der Waals surface area contributed by atoms with Gasteiger partial charge in [0.15, 0.2) is 0 Å². The lowest BCUT2D eigenvalue weighted by Crippen LogP contribution is -2.36. The Hall–Kier alpha value is -1.31. The van der Waals surface area contributed by atoms with Gasteiger partial charge in [-0.05, 0) is 25.3 Å². The maximum Gasteiger partial charge on any atom is 0.227 e. The SMILES string of the molecule is CCC[C@H](C)NC(=O)[C@H](CC)c1ccccc1. The van der Waals surface area contributed by atoms with Crippen molar-refractivity contribution in [1.29, 1.82) is 0 Å². The molecule has 1 aromatic rings. The molecular weight excluding hydrogens is 210 g/mol. The largest absolute Gasteiger partial charge is 0.353 e. The van der Waals surface area contributed by atoms with Gasteiger partial charge >= 0.3 is 0 Å². The lowest BCUT2D eigenvalue weighted by molar-refractivity contribution is -0.123. The van der Waals surface area contributed by atoms with E-state index in [0.29, 0.717) is 0 Å². The molecule has 17 heavy (non-hydrogen) atoms. The minimum absolute atomic E-state index is 0.0180. The zero-order valence-electron chi connectivity index (χ0n) is 11.1. The fraction of sp³-hybridized carbons (Fsp3) is 0.533. The summed E-state index contributed by atoms with van der Waals surface area (Å²) in [5, 5.41) is 3.09. The van der Waals surface area contributed by atoms with Gasteiger partial charge in [0.05, 0.1) is 5.92 Å². The lowest BCUT2D eigenvalue weighted by Gasteiger charge is -2.19. The van der Waals surface area contributed by atoms with E-state index >= 15 is 0 Å². The minimum Gasteiger partial charge on any atom is -0.353 e. The Balaban J connectivity index is 2.65. The molecule has 0 radical (unpaired) electrons. The van der Waals surface area contributed by atoms with Gasteiger partial charge in [-0.1, -0.05) is 50.6 Å². The fourth-order valence-electron chi connectivity index (χ4n) is 2.11. The predicted molar refractivity (Wildman–Crippen MR) is 72.0 cm³/mol. The molecule has 1 N–H and O–H groups in total. The van der Waals surface area contributed by atoms with Crippen LogP contribution in [-0.4, -0.2) is 11.9 Å². The molecule has 94 valence electrons. The second kappa shape index (κ2) is 7.10. The Morgan fingerprint density at radius 1 is 1.24 bits per heavy atom. The molecule has 0 saturated heterocycles. The molecule has 0 saturated carbocycles. The smallest absolute Gasteiger partial charge is 0.227 e. The number of carbonyl (C=O) groups excluding carboxylic acids is 1. The number of rotatable bonds is 6. The summed E-state index contributed by atoms with van der Waals surface area (Å²) in [4.78, 5) is 12.1. The molecule has 0 unspecified atom stereocenters. The molecular formula is C15H23NO. The number of nitrogens with one attached hydrogen (secondary N) is 1. The van der Waals surface area contributed by atoms with Crippen LogP contribution in [0.25, 0.3) is 0 Å². The van der Waals surface area contributed by atoms with Gasteiger partial charge in [0.25, 0.3) is 0 Å². The highest BCUT2D eigenvalue weighted by atomic mass is 16.1. The molecule has 0 fully saturated rings. The van der Waals surface area contributed by atoms with Crippen LogP contribution < -0.4 is 5.32 Å². The number of hydrogen-bond donors (Lipinski definition) is 1. The Bertz CT molecular complexity index is 334. The molecule has 0 aliphatic carbocycles. The van der Waals surface area contributed by atoms with Crippen molar-refractivity contribution in [2.24, 2.45) is 0 Å². The van der Waals surface area contributed by atoms with Crippen LogP contribution in [0.3, 0.4) is 0 Å². The first-order valence-corrected chi connectivity index (χ1v) is 6.54. The zero-order chi connectivity index (χ0) is 12.7. The summed E-state index contributed by atoms with van der Waals surface area (Å²) in [5.41, 5.74) is 1.11. The molecule has 0 aromatic heterocycles. The van der Waals surface area contributed by atoms with E-state index in [4.69, 9.17) is 0 Å². The summed E-state index contributed by atoms with van der Waals surface area (Å²) < 4.78 is 0. The van der Waals surface area contributed by atoms with Crippen LogP contribution in [0, 0.1) is 0 Å². The van der Waals surface area contributed by atoms with Crippen LogP contribution in [0.1, 0.15) is 51.5 Å². The van der Waals surface area contributed by atoms with Gasteiger partial charge in [-0.2, -0.15) is 0 Å². The third kappa shape index (κ3) is 4.22. The first-order chi connectivity index (χ1) is 8.19. The van der Waals surface area contributed by atoms with E-state index < -0.39 is 0 Å². The fourth-order valence-corrected chi connectivity index (χ4v) is 2.11. The summed E-state index contributed by atoms with van der Waals surface area (Å²) >= 11 is 0. The van der Waals surface area contributed by atoms with Crippen molar-refractivity contribution in [3.63, 3.8) is 0 Å². The Morgan fingerprint density at radius 3 is 2.41 bits per heavy atom. The van der Waals surface area contributed by atoms with Crippen molar-refractivity contribution in [3.8, 4) is 0 Å². The van der Waals surface area contributed by atoms with Crippen molar-refractivity contribution >= 4 is 5.91 Å². The standard InChI is InChI=1S/C15H23NO/c1-4-9-12(3)16-15(17)14(5-2)13-10-7-6-8-11-13/h6-8,10-12,14H,4-5,9H2,1-3H3,(H,16,17)/t12-,14+/m0/s1. The molecule has 2 atom stereocenters. The van der Waals surface area contributed by atoms with Crippen LogP contribution in [0.4, 0.5) is 0 Å². The van der Waals surface area contributed by atoms with E-state index in [1.807, 2.05) is 30.3 Å². The van der Waals surface area contributed by atoms with E-state index in [2.05, 4.69) is 26.1 Å². The highest BCUT2D eigenvalue weighted by Crippen LogP contribution is 2.19. The van der Waals surface area contributed by atoms with Gasteiger partial charge in [-0.3, -0.25) is 4.79 Å². The zero-order valence-corrected chi connectivity index (χ0v) is 11.1. The first kappa shape index (κ1) is 13.8. The lowest BCUT2D eigenvalue weighted by atomic mass is 9.95. The van der Waals surface area contributed by atoms with Gasteiger partial charge in [-0.15, -0.1) is 0 Å². The quantitative estimate of drug-likeness (QED) is 0.800. The van der Waals surface area contributed by atoms with Crippen LogP contribution in [0.15, 0.2) is 30.3 Å². The molecule has 1 amide bonds. The predicted octanol–water partition coefficient (Wildman–Crippen LogP) is 3.49. The van der Waals surface area contributed by atoms with Crippen LogP contribution in [0.5, 0.6) is 0 Å². The molecule has 1 rings (SSSR count). The second-order valence-corrected chi connectivity index (χ2v) is 4.57. The summed E-state index contributed by atoms with van der Waals surface area (Å²) in [7, 11) is 0. The highest BCUT2D eigenvalue weighted by Gasteiger charge is 2.19. The van der Waals surface area contributed by atoms with Gasteiger partial charge in [-0.25, -0.2) is 0 Å². The minimum atomic E-state index is -0.0180. The summed E-state index contributed by atoms with van der Waals surface area (Å²) in [5.74, 6) is 0.134. The molecule has 0 bridgehead atoms. The van der Waals surface area contributed by atoms with E-state index in [1.54, 1.807) is 0 Å².